The van der Waals surface area contributed by atoms with E-state index in [4.69, 9.17) is 11.6 Å². The Labute approximate surface area is 116 Å². The summed E-state index contributed by atoms with van der Waals surface area (Å²) in [5.74, 6) is 0.605. The maximum absolute atomic E-state index is 6.08. The summed E-state index contributed by atoms with van der Waals surface area (Å²) in [6.07, 6.45) is 3.42. The van der Waals surface area contributed by atoms with Gasteiger partial charge in [0, 0.05) is 29.6 Å². The Morgan fingerprint density at radius 1 is 0.789 bits per heavy atom. The molecule has 3 rings (SSSR count). The number of pyridine rings is 1. The van der Waals surface area contributed by atoms with Gasteiger partial charge in [0.25, 0.3) is 0 Å². The summed E-state index contributed by atoms with van der Waals surface area (Å²) in [5.41, 5.74) is 2.73. The molecule has 0 amide bonds. The van der Waals surface area contributed by atoms with Gasteiger partial charge < -0.3 is 0 Å². The Hall–Kier alpha value is -2.26. The van der Waals surface area contributed by atoms with E-state index in [0.717, 1.165) is 16.8 Å². The quantitative estimate of drug-likeness (QED) is 0.662. The van der Waals surface area contributed by atoms with E-state index in [0.29, 0.717) is 11.0 Å². The number of nitrogens with zero attached hydrogens (tertiary/aromatic N) is 3. The van der Waals surface area contributed by atoms with E-state index < -0.39 is 0 Å². The minimum Gasteiger partial charge on any atom is -0.265 e. The molecule has 1 aromatic carbocycles. The molecule has 0 saturated carbocycles. The van der Waals surface area contributed by atoms with Crippen LogP contribution in [0.4, 0.5) is 0 Å². The van der Waals surface area contributed by atoms with Crippen LogP contribution in [0.25, 0.3) is 22.6 Å². The van der Waals surface area contributed by atoms with Gasteiger partial charge in [0.2, 0.25) is 0 Å². The minimum absolute atomic E-state index is 0.431. The zero-order valence-corrected chi connectivity index (χ0v) is 10.7. The molecule has 4 heteroatoms. The van der Waals surface area contributed by atoms with Gasteiger partial charge in [-0.1, -0.05) is 41.9 Å². The van der Waals surface area contributed by atoms with Crippen molar-refractivity contribution in [1.82, 2.24) is 15.0 Å². The van der Waals surface area contributed by atoms with Crippen molar-refractivity contribution in [2.24, 2.45) is 0 Å². The molecule has 0 atom stereocenters. The normalized spacial score (nSPS) is 10.4. The zero-order chi connectivity index (χ0) is 13.1. The molecular formula is C15H10ClN3. The van der Waals surface area contributed by atoms with E-state index in [-0.39, 0.29) is 0 Å². The van der Waals surface area contributed by atoms with Crippen LogP contribution in [0.15, 0.2) is 60.9 Å². The Kier molecular flexibility index (Phi) is 3.21. The highest BCUT2D eigenvalue weighted by Gasteiger charge is 2.07. The fraction of sp³-hybridized carbons (Fsp3) is 0. The first kappa shape index (κ1) is 11.8. The number of rotatable bonds is 2. The van der Waals surface area contributed by atoms with Crippen molar-refractivity contribution >= 4 is 11.6 Å². The van der Waals surface area contributed by atoms with Gasteiger partial charge in [0.1, 0.15) is 5.15 Å². The lowest BCUT2D eigenvalue weighted by Crippen LogP contribution is -1.93. The van der Waals surface area contributed by atoms with Gasteiger partial charge in [-0.15, -0.1) is 0 Å². The van der Waals surface area contributed by atoms with Gasteiger partial charge in [-0.25, -0.2) is 9.97 Å². The second-order valence-corrected chi connectivity index (χ2v) is 4.39. The van der Waals surface area contributed by atoms with Crippen LogP contribution in [0.2, 0.25) is 5.15 Å². The first-order valence-corrected chi connectivity index (χ1v) is 6.21. The molecule has 0 aliphatic heterocycles. The molecule has 19 heavy (non-hydrogen) atoms. The van der Waals surface area contributed by atoms with Gasteiger partial charge in [-0.2, -0.15) is 0 Å². The predicted octanol–water partition coefficient (Wildman–Crippen LogP) is 3.86. The molecule has 0 saturated heterocycles. The Balaban J connectivity index is 2.12. The number of aromatic nitrogens is 3. The molecule has 3 aromatic rings. The molecule has 0 bridgehead atoms. The molecule has 92 valence electrons. The van der Waals surface area contributed by atoms with Crippen molar-refractivity contribution in [3.8, 4) is 22.6 Å². The second-order valence-electron chi connectivity index (χ2n) is 4.00. The summed E-state index contributed by atoms with van der Waals surface area (Å²) in [7, 11) is 0. The average molecular weight is 268 g/mol. The fourth-order valence-electron chi connectivity index (χ4n) is 1.80. The first-order valence-electron chi connectivity index (χ1n) is 5.83. The maximum atomic E-state index is 6.08. The summed E-state index contributed by atoms with van der Waals surface area (Å²) in [6, 6.07) is 15.4. The van der Waals surface area contributed by atoms with Gasteiger partial charge in [-0.3, -0.25) is 4.98 Å². The van der Waals surface area contributed by atoms with Gasteiger partial charge in [0.05, 0.1) is 5.69 Å². The van der Waals surface area contributed by atoms with Crippen molar-refractivity contribution in [3.05, 3.63) is 66.1 Å². The maximum Gasteiger partial charge on any atom is 0.161 e. The highest BCUT2D eigenvalue weighted by molar-refractivity contribution is 6.29. The van der Waals surface area contributed by atoms with E-state index in [2.05, 4.69) is 15.0 Å². The van der Waals surface area contributed by atoms with Crippen LogP contribution in [0, 0.1) is 0 Å². The van der Waals surface area contributed by atoms with E-state index in [1.54, 1.807) is 18.5 Å². The lowest BCUT2D eigenvalue weighted by molar-refractivity contribution is 1.17. The topological polar surface area (TPSA) is 38.7 Å². The van der Waals surface area contributed by atoms with Crippen LogP contribution in [-0.2, 0) is 0 Å². The monoisotopic (exact) mass is 267 g/mol. The summed E-state index contributed by atoms with van der Waals surface area (Å²) in [5, 5.41) is 0.431. The second kappa shape index (κ2) is 5.16. The predicted molar refractivity (Wildman–Crippen MR) is 75.7 cm³/mol. The van der Waals surface area contributed by atoms with Crippen LogP contribution in [-0.4, -0.2) is 15.0 Å². The van der Waals surface area contributed by atoms with Crippen molar-refractivity contribution in [3.63, 3.8) is 0 Å². The molecule has 0 spiro atoms. The first-order chi connectivity index (χ1) is 9.33. The molecule has 0 unspecified atom stereocenters. The zero-order valence-electron chi connectivity index (χ0n) is 9.99. The van der Waals surface area contributed by atoms with Crippen molar-refractivity contribution in [2.75, 3.05) is 0 Å². The molecule has 0 N–H and O–H groups in total. The van der Waals surface area contributed by atoms with Crippen molar-refractivity contribution < 1.29 is 0 Å². The molecule has 0 aliphatic rings. The molecule has 2 heterocycles. The summed E-state index contributed by atoms with van der Waals surface area (Å²) < 4.78 is 0. The number of hydrogen-bond acceptors (Lipinski definition) is 3. The van der Waals surface area contributed by atoms with Crippen LogP contribution in [0.3, 0.4) is 0 Å². The number of halogens is 1. The van der Waals surface area contributed by atoms with E-state index in [9.17, 15) is 0 Å². The molecular weight excluding hydrogens is 258 g/mol. The molecule has 0 aliphatic carbocycles. The van der Waals surface area contributed by atoms with Crippen LogP contribution in [0.1, 0.15) is 0 Å². The van der Waals surface area contributed by atoms with E-state index >= 15 is 0 Å². The van der Waals surface area contributed by atoms with Gasteiger partial charge >= 0.3 is 0 Å². The Bertz CT molecular complexity index is 627. The Morgan fingerprint density at radius 2 is 1.53 bits per heavy atom. The third-order valence-corrected chi connectivity index (χ3v) is 2.90. The SMILES string of the molecule is Clc1cc(-c2ccccc2)nc(-c2ccncc2)n1. The largest absolute Gasteiger partial charge is 0.265 e. The van der Waals surface area contributed by atoms with Crippen LogP contribution >= 0.6 is 11.6 Å². The standard InChI is InChI=1S/C15H10ClN3/c16-14-10-13(11-4-2-1-3-5-11)18-15(19-14)12-6-8-17-9-7-12/h1-10H. The third kappa shape index (κ3) is 2.61. The summed E-state index contributed by atoms with van der Waals surface area (Å²) in [6.45, 7) is 0. The smallest absolute Gasteiger partial charge is 0.161 e. The minimum atomic E-state index is 0.431. The van der Waals surface area contributed by atoms with E-state index in [1.807, 2.05) is 42.5 Å². The van der Waals surface area contributed by atoms with Crippen LogP contribution < -0.4 is 0 Å². The molecule has 2 aromatic heterocycles. The van der Waals surface area contributed by atoms with Crippen molar-refractivity contribution in [2.45, 2.75) is 0 Å². The lowest BCUT2D eigenvalue weighted by atomic mass is 10.1. The summed E-state index contributed by atoms with van der Waals surface area (Å²) in [4.78, 5) is 12.8. The molecule has 0 fully saturated rings. The van der Waals surface area contributed by atoms with Crippen LogP contribution in [0.5, 0.6) is 0 Å². The van der Waals surface area contributed by atoms with Gasteiger partial charge in [0.15, 0.2) is 5.82 Å². The van der Waals surface area contributed by atoms with Gasteiger partial charge in [-0.05, 0) is 12.1 Å². The molecule has 0 radical (unpaired) electrons. The van der Waals surface area contributed by atoms with E-state index in [1.165, 1.54) is 0 Å². The lowest BCUT2D eigenvalue weighted by Gasteiger charge is -2.05. The summed E-state index contributed by atoms with van der Waals surface area (Å²) >= 11 is 6.08. The average Bonchev–Trinajstić information content (AvgIpc) is 2.48. The number of hydrogen-bond donors (Lipinski definition) is 0. The molecule has 3 nitrogen and oxygen atoms in total. The fourth-order valence-corrected chi connectivity index (χ4v) is 1.99. The number of benzene rings is 1. The highest BCUT2D eigenvalue weighted by atomic mass is 35.5. The van der Waals surface area contributed by atoms with Crippen molar-refractivity contribution in [1.29, 1.82) is 0 Å². The highest BCUT2D eigenvalue weighted by Crippen LogP contribution is 2.23. The third-order valence-electron chi connectivity index (χ3n) is 2.70. The Morgan fingerprint density at radius 3 is 2.26 bits per heavy atom.